The molecule has 1 aliphatic heterocycles. The van der Waals surface area contributed by atoms with E-state index in [1.165, 1.54) is 5.56 Å². The zero-order valence-electron chi connectivity index (χ0n) is 17.4. The number of likely N-dealkylation sites (tertiary alicyclic amines) is 1. The second-order valence-electron chi connectivity index (χ2n) is 7.55. The number of ether oxygens (including phenoxy) is 2. The van der Waals surface area contributed by atoms with Gasteiger partial charge in [-0.05, 0) is 43.4 Å². The molecule has 3 rings (SSSR count). The van der Waals surface area contributed by atoms with E-state index in [1.54, 1.807) is 7.11 Å². The molecular formula is C21H33IN4O3. The number of guanidine groups is 1. The van der Waals surface area contributed by atoms with Crippen molar-refractivity contribution in [1.29, 1.82) is 0 Å². The number of amides is 1. The molecule has 2 N–H and O–H groups in total. The highest BCUT2D eigenvalue weighted by molar-refractivity contribution is 14.0. The number of nitrogens with zero attached hydrogens (tertiary/aromatic N) is 2. The molecule has 1 aliphatic carbocycles. The van der Waals surface area contributed by atoms with Gasteiger partial charge in [-0.1, -0.05) is 12.1 Å². The molecule has 0 spiro atoms. The molecule has 162 valence electrons. The topological polar surface area (TPSA) is 75.2 Å². The zero-order valence-corrected chi connectivity index (χ0v) is 19.7. The van der Waals surface area contributed by atoms with Crippen LogP contribution in [0.4, 0.5) is 0 Å². The number of halogens is 1. The number of methoxy groups -OCH3 is 1. The van der Waals surface area contributed by atoms with Gasteiger partial charge >= 0.3 is 0 Å². The Morgan fingerprint density at radius 3 is 2.66 bits per heavy atom. The van der Waals surface area contributed by atoms with Gasteiger partial charge in [0, 0.05) is 45.8 Å². The lowest BCUT2D eigenvalue weighted by Crippen LogP contribution is -2.41. The van der Waals surface area contributed by atoms with Gasteiger partial charge in [-0.25, -0.2) is 0 Å². The number of benzene rings is 1. The maximum absolute atomic E-state index is 11.7. The number of aliphatic imine (C=N–C) groups is 1. The minimum Gasteiger partial charge on any atom is -0.484 e. The van der Waals surface area contributed by atoms with Crippen LogP contribution in [0.15, 0.2) is 29.3 Å². The van der Waals surface area contributed by atoms with Crippen LogP contribution in [0.2, 0.25) is 0 Å². The van der Waals surface area contributed by atoms with E-state index in [1.807, 2.05) is 31.3 Å². The van der Waals surface area contributed by atoms with E-state index in [4.69, 9.17) is 9.47 Å². The first-order valence-corrected chi connectivity index (χ1v) is 10.1. The molecule has 1 saturated carbocycles. The van der Waals surface area contributed by atoms with Gasteiger partial charge < -0.3 is 25.0 Å². The molecule has 1 amide bonds. The third-order valence-corrected chi connectivity index (χ3v) is 5.13. The summed E-state index contributed by atoms with van der Waals surface area (Å²) in [6.07, 6.45) is 4.22. The van der Waals surface area contributed by atoms with Gasteiger partial charge in [0.1, 0.15) is 5.75 Å². The van der Waals surface area contributed by atoms with E-state index in [9.17, 15) is 4.79 Å². The average molecular weight is 516 g/mol. The summed E-state index contributed by atoms with van der Waals surface area (Å²) in [6.45, 7) is 3.72. The molecule has 2 aliphatic rings. The van der Waals surface area contributed by atoms with Crippen LogP contribution in [0.1, 0.15) is 24.8 Å². The minimum absolute atomic E-state index is 0. The first kappa shape index (κ1) is 23.7. The second kappa shape index (κ2) is 12.2. The Bertz CT molecular complexity index is 664. The van der Waals surface area contributed by atoms with Crippen LogP contribution in [0, 0.1) is 5.92 Å². The van der Waals surface area contributed by atoms with E-state index >= 15 is 0 Å². The Labute approximate surface area is 190 Å². The van der Waals surface area contributed by atoms with Gasteiger partial charge in [-0.3, -0.25) is 9.79 Å². The number of carbonyl (C=O) groups excluding carboxylic acids is 1. The molecule has 1 heterocycles. The molecule has 1 aromatic carbocycles. The summed E-state index contributed by atoms with van der Waals surface area (Å²) in [5.74, 6) is 2.22. The standard InChI is InChI=1S/C21H32N4O3.HI/c1-22-21(25-12-10-17(13-25)14-27-2)23-11-9-16-3-7-19(8-4-16)28-15-20(26)24-18-5-6-18;/h3-4,7-8,17-18H,5-6,9-15H2,1-2H3,(H,22,23)(H,24,26);1H. The summed E-state index contributed by atoms with van der Waals surface area (Å²) in [5.41, 5.74) is 1.22. The van der Waals surface area contributed by atoms with Gasteiger partial charge in [-0.15, -0.1) is 24.0 Å². The summed E-state index contributed by atoms with van der Waals surface area (Å²) < 4.78 is 10.8. The number of hydrogen-bond acceptors (Lipinski definition) is 4. The van der Waals surface area contributed by atoms with Crippen molar-refractivity contribution >= 4 is 35.8 Å². The molecule has 1 unspecified atom stereocenters. The fourth-order valence-electron chi connectivity index (χ4n) is 3.45. The molecule has 0 bridgehead atoms. The molecule has 1 aromatic rings. The largest absolute Gasteiger partial charge is 0.484 e. The van der Waals surface area contributed by atoms with Gasteiger partial charge in [0.2, 0.25) is 0 Å². The molecule has 0 radical (unpaired) electrons. The quantitative estimate of drug-likeness (QED) is 0.299. The van der Waals surface area contributed by atoms with Gasteiger partial charge in [-0.2, -0.15) is 0 Å². The van der Waals surface area contributed by atoms with Crippen LogP contribution in [0.5, 0.6) is 5.75 Å². The van der Waals surface area contributed by atoms with E-state index in [0.717, 1.165) is 63.6 Å². The van der Waals surface area contributed by atoms with Gasteiger partial charge in [0.25, 0.3) is 5.91 Å². The van der Waals surface area contributed by atoms with E-state index in [2.05, 4.69) is 20.5 Å². The SMILES string of the molecule is CN=C(NCCc1ccc(OCC(=O)NC2CC2)cc1)N1CCC(COC)C1.I. The normalized spacial score (nSPS) is 18.9. The van der Waals surface area contributed by atoms with E-state index in [-0.39, 0.29) is 36.5 Å². The predicted molar refractivity (Wildman–Crippen MR) is 125 cm³/mol. The Morgan fingerprint density at radius 2 is 2.00 bits per heavy atom. The van der Waals surface area contributed by atoms with Crippen molar-refractivity contribution in [1.82, 2.24) is 15.5 Å². The van der Waals surface area contributed by atoms with Crippen LogP contribution < -0.4 is 15.4 Å². The molecule has 2 fully saturated rings. The van der Waals surface area contributed by atoms with Crippen LogP contribution in [-0.2, 0) is 16.0 Å². The second-order valence-corrected chi connectivity index (χ2v) is 7.55. The molecule has 1 saturated heterocycles. The lowest BCUT2D eigenvalue weighted by molar-refractivity contribution is -0.123. The van der Waals surface area contributed by atoms with Crippen molar-refractivity contribution in [2.45, 2.75) is 31.7 Å². The van der Waals surface area contributed by atoms with Crippen LogP contribution in [-0.4, -0.2) is 69.8 Å². The molecule has 0 aromatic heterocycles. The number of hydrogen-bond donors (Lipinski definition) is 2. The third-order valence-electron chi connectivity index (χ3n) is 5.13. The van der Waals surface area contributed by atoms with Gasteiger partial charge in [0.15, 0.2) is 12.6 Å². The Morgan fingerprint density at radius 1 is 1.24 bits per heavy atom. The predicted octanol–water partition coefficient (Wildman–Crippen LogP) is 2.05. The number of nitrogens with one attached hydrogen (secondary N) is 2. The molecular weight excluding hydrogens is 483 g/mol. The fourth-order valence-corrected chi connectivity index (χ4v) is 3.45. The average Bonchev–Trinajstić information content (AvgIpc) is 3.40. The zero-order chi connectivity index (χ0) is 19.8. The molecule has 7 nitrogen and oxygen atoms in total. The summed E-state index contributed by atoms with van der Waals surface area (Å²) in [6, 6.07) is 8.30. The Balaban J connectivity index is 0.00000300. The lowest BCUT2D eigenvalue weighted by Gasteiger charge is -2.21. The summed E-state index contributed by atoms with van der Waals surface area (Å²) in [5, 5.41) is 6.37. The van der Waals surface area contributed by atoms with E-state index in [0.29, 0.717) is 12.0 Å². The maximum atomic E-state index is 11.7. The first-order valence-electron chi connectivity index (χ1n) is 10.1. The molecule has 8 heteroatoms. The van der Waals surface area contributed by atoms with Crippen molar-refractivity contribution < 1.29 is 14.3 Å². The summed E-state index contributed by atoms with van der Waals surface area (Å²) in [4.78, 5) is 18.4. The summed E-state index contributed by atoms with van der Waals surface area (Å²) in [7, 11) is 3.59. The van der Waals surface area contributed by atoms with Crippen LogP contribution in [0.3, 0.4) is 0 Å². The number of carbonyl (C=O) groups is 1. The fraction of sp³-hybridized carbons (Fsp3) is 0.619. The molecule has 29 heavy (non-hydrogen) atoms. The lowest BCUT2D eigenvalue weighted by atomic mass is 10.1. The monoisotopic (exact) mass is 516 g/mol. The Hall–Kier alpha value is -1.55. The Kier molecular flexibility index (Phi) is 9.99. The highest BCUT2D eigenvalue weighted by Gasteiger charge is 2.24. The smallest absolute Gasteiger partial charge is 0.258 e. The third kappa shape index (κ3) is 8.00. The highest BCUT2D eigenvalue weighted by Crippen LogP contribution is 2.19. The van der Waals surface area contributed by atoms with Crippen molar-refractivity contribution in [3.63, 3.8) is 0 Å². The molecule has 1 atom stereocenters. The van der Waals surface area contributed by atoms with E-state index < -0.39 is 0 Å². The first-order chi connectivity index (χ1) is 13.7. The van der Waals surface area contributed by atoms with Crippen molar-refractivity contribution in [2.75, 3.05) is 47.0 Å². The van der Waals surface area contributed by atoms with Crippen molar-refractivity contribution in [2.24, 2.45) is 10.9 Å². The van der Waals surface area contributed by atoms with Gasteiger partial charge in [0.05, 0.1) is 6.61 Å². The minimum atomic E-state index is -0.0446. The van der Waals surface area contributed by atoms with Crippen LogP contribution >= 0.6 is 24.0 Å². The summed E-state index contributed by atoms with van der Waals surface area (Å²) >= 11 is 0. The van der Waals surface area contributed by atoms with Crippen molar-refractivity contribution in [3.8, 4) is 5.75 Å². The van der Waals surface area contributed by atoms with Crippen LogP contribution in [0.25, 0.3) is 0 Å². The maximum Gasteiger partial charge on any atom is 0.258 e. The highest BCUT2D eigenvalue weighted by atomic mass is 127. The van der Waals surface area contributed by atoms with Crippen molar-refractivity contribution in [3.05, 3.63) is 29.8 Å². The number of rotatable bonds is 9.